The van der Waals surface area contributed by atoms with Gasteiger partial charge in [0.1, 0.15) is 0 Å². The minimum absolute atomic E-state index is 0.107. The lowest BCUT2D eigenvalue weighted by atomic mass is 9.82. The average Bonchev–Trinajstić information content (AvgIpc) is 2.38. The van der Waals surface area contributed by atoms with Crippen molar-refractivity contribution in [3.05, 3.63) is 34.9 Å². The van der Waals surface area contributed by atoms with Gasteiger partial charge in [0.15, 0.2) is 0 Å². The number of rotatable bonds is 4. The lowest BCUT2D eigenvalue weighted by molar-refractivity contribution is -0.127. The summed E-state index contributed by atoms with van der Waals surface area (Å²) in [4.78, 5) is 11.9. The van der Waals surface area contributed by atoms with Gasteiger partial charge in [-0.3, -0.25) is 4.79 Å². The van der Waals surface area contributed by atoms with E-state index in [0.29, 0.717) is 11.6 Å². The smallest absolute Gasteiger partial charge is 0.223 e. The van der Waals surface area contributed by atoms with Crippen LogP contribution in [-0.4, -0.2) is 16.6 Å². The number of benzene rings is 1. The molecule has 1 fully saturated rings. The van der Waals surface area contributed by atoms with Crippen molar-refractivity contribution in [1.82, 2.24) is 5.32 Å². The van der Waals surface area contributed by atoms with Crippen LogP contribution in [0.3, 0.4) is 0 Å². The summed E-state index contributed by atoms with van der Waals surface area (Å²) < 4.78 is 0. The monoisotopic (exact) mass is 281 g/mol. The van der Waals surface area contributed by atoms with E-state index in [4.69, 9.17) is 11.6 Å². The number of hydrogen-bond acceptors (Lipinski definition) is 2. The Morgan fingerprint density at radius 2 is 1.95 bits per heavy atom. The standard InChI is InChI=1S/C15H20ClNO2/c16-13-7-3-2-6-12(13)11-17-14(18)10-15(19)8-4-1-5-9-15/h2-3,6-7,19H,1,4-5,8-11H2,(H,17,18). The van der Waals surface area contributed by atoms with Crippen molar-refractivity contribution in [2.24, 2.45) is 0 Å². The third-order valence-corrected chi connectivity index (χ3v) is 4.08. The SMILES string of the molecule is O=C(CC1(O)CCCCC1)NCc1ccccc1Cl. The lowest BCUT2D eigenvalue weighted by Gasteiger charge is -2.31. The van der Waals surface area contributed by atoms with Gasteiger partial charge >= 0.3 is 0 Å². The molecule has 2 N–H and O–H groups in total. The van der Waals surface area contributed by atoms with Crippen LogP contribution in [0.25, 0.3) is 0 Å². The fourth-order valence-corrected chi connectivity index (χ4v) is 2.79. The first-order valence-corrected chi connectivity index (χ1v) is 7.19. The Bertz CT molecular complexity index is 442. The van der Waals surface area contributed by atoms with Crippen molar-refractivity contribution in [3.8, 4) is 0 Å². The summed E-state index contributed by atoms with van der Waals surface area (Å²) >= 11 is 6.03. The van der Waals surface area contributed by atoms with Gasteiger partial charge in [-0.05, 0) is 24.5 Å². The van der Waals surface area contributed by atoms with E-state index >= 15 is 0 Å². The minimum Gasteiger partial charge on any atom is -0.389 e. The quantitative estimate of drug-likeness (QED) is 0.891. The molecule has 0 spiro atoms. The minimum atomic E-state index is -0.803. The highest BCUT2D eigenvalue weighted by atomic mass is 35.5. The number of aliphatic hydroxyl groups is 1. The van der Waals surface area contributed by atoms with Crippen LogP contribution in [-0.2, 0) is 11.3 Å². The summed E-state index contributed by atoms with van der Waals surface area (Å²) in [6.07, 6.45) is 4.82. The van der Waals surface area contributed by atoms with Crippen LogP contribution in [0.5, 0.6) is 0 Å². The largest absolute Gasteiger partial charge is 0.389 e. The predicted molar refractivity (Wildman–Crippen MR) is 76.0 cm³/mol. The van der Waals surface area contributed by atoms with Crippen molar-refractivity contribution in [2.75, 3.05) is 0 Å². The predicted octanol–water partition coefficient (Wildman–Crippen LogP) is 3.04. The van der Waals surface area contributed by atoms with E-state index in [2.05, 4.69) is 5.32 Å². The van der Waals surface area contributed by atoms with Crippen LogP contribution < -0.4 is 5.32 Å². The zero-order valence-corrected chi connectivity index (χ0v) is 11.7. The van der Waals surface area contributed by atoms with Gasteiger partial charge in [-0.25, -0.2) is 0 Å². The van der Waals surface area contributed by atoms with Crippen molar-refractivity contribution in [3.63, 3.8) is 0 Å². The van der Waals surface area contributed by atoms with E-state index < -0.39 is 5.60 Å². The van der Waals surface area contributed by atoms with E-state index in [-0.39, 0.29) is 12.3 Å². The average molecular weight is 282 g/mol. The maximum Gasteiger partial charge on any atom is 0.223 e. The van der Waals surface area contributed by atoms with Gasteiger partial charge in [0.05, 0.1) is 12.0 Å². The third-order valence-electron chi connectivity index (χ3n) is 3.71. The van der Waals surface area contributed by atoms with Gasteiger partial charge in [-0.1, -0.05) is 49.1 Å². The van der Waals surface area contributed by atoms with Crippen LogP contribution in [0, 0.1) is 0 Å². The molecule has 0 bridgehead atoms. The van der Waals surface area contributed by atoms with Crippen molar-refractivity contribution < 1.29 is 9.90 Å². The Labute approximate surface area is 119 Å². The molecule has 1 saturated carbocycles. The summed E-state index contributed by atoms with van der Waals surface area (Å²) in [5.41, 5.74) is 0.0937. The van der Waals surface area contributed by atoms with Crippen LogP contribution in [0.15, 0.2) is 24.3 Å². The number of nitrogens with one attached hydrogen (secondary N) is 1. The van der Waals surface area contributed by atoms with E-state index in [1.807, 2.05) is 18.2 Å². The number of hydrogen-bond donors (Lipinski definition) is 2. The van der Waals surface area contributed by atoms with Gasteiger partial charge in [0.25, 0.3) is 0 Å². The second-order valence-electron chi connectivity index (χ2n) is 5.33. The van der Waals surface area contributed by atoms with Gasteiger partial charge < -0.3 is 10.4 Å². The molecule has 19 heavy (non-hydrogen) atoms. The third kappa shape index (κ3) is 4.22. The Hall–Kier alpha value is -1.06. The fraction of sp³-hybridized carbons (Fsp3) is 0.533. The summed E-state index contributed by atoms with van der Waals surface area (Å²) in [6, 6.07) is 7.44. The molecule has 0 atom stereocenters. The first-order chi connectivity index (χ1) is 9.09. The molecular weight excluding hydrogens is 262 g/mol. The van der Waals surface area contributed by atoms with E-state index in [1.165, 1.54) is 0 Å². The molecule has 1 aliphatic rings. The fourth-order valence-electron chi connectivity index (χ4n) is 2.58. The van der Waals surface area contributed by atoms with E-state index in [9.17, 15) is 9.90 Å². The van der Waals surface area contributed by atoms with E-state index in [0.717, 1.165) is 37.7 Å². The topological polar surface area (TPSA) is 49.3 Å². The molecule has 1 aliphatic carbocycles. The van der Waals surface area contributed by atoms with Crippen molar-refractivity contribution >= 4 is 17.5 Å². The number of amides is 1. The summed E-state index contributed by atoms with van der Waals surface area (Å²) in [6.45, 7) is 0.411. The number of carbonyl (C=O) groups excluding carboxylic acids is 1. The Morgan fingerprint density at radius 1 is 1.26 bits per heavy atom. The first kappa shape index (κ1) is 14.4. The van der Waals surface area contributed by atoms with Crippen LogP contribution >= 0.6 is 11.6 Å². The Kier molecular flexibility index (Phi) is 4.83. The molecular formula is C15H20ClNO2. The van der Waals surface area contributed by atoms with Crippen molar-refractivity contribution in [1.29, 1.82) is 0 Å². The molecule has 104 valence electrons. The molecule has 0 heterocycles. The Balaban J connectivity index is 1.83. The zero-order chi connectivity index (χ0) is 13.7. The highest BCUT2D eigenvalue weighted by Crippen LogP contribution is 2.30. The molecule has 0 aliphatic heterocycles. The summed E-state index contributed by atoms with van der Waals surface area (Å²) in [7, 11) is 0. The molecule has 1 aromatic rings. The molecule has 2 rings (SSSR count). The second-order valence-corrected chi connectivity index (χ2v) is 5.74. The molecule has 0 unspecified atom stereocenters. The summed E-state index contributed by atoms with van der Waals surface area (Å²) in [5, 5.41) is 13.8. The molecule has 4 heteroatoms. The first-order valence-electron chi connectivity index (χ1n) is 6.82. The lowest BCUT2D eigenvalue weighted by Crippen LogP contribution is -2.38. The van der Waals surface area contributed by atoms with Crippen molar-refractivity contribution in [2.45, 2.75) is 50.7 Å². The van der Waals surface area contributed by atoms with Gasteiger partial charge in [-0.2, -0.15) is 0 Å². The molecule has 0 aromatic heterocycles. The van der Waals surface area contributed by atoms with Crippen LogP contribution in [0.2, 0.25) is 5.02 Å². The molecule has 1 aromatic carbocycles. The molecule has 1 amide bonds. The van der Waals surface area contributed by atoms with Crippen LogP contribution in [0.1, 0.15) is 44.1 Å². The Morgan fingerprint density at radius 3 is 2.63 bits per heavy atom. The van der Waals surface area contributed by atoms with E-state index in [1.54, 1.807) is 6.07 Å². The highest BCUT2D eigenvalue weighted by molar-refractivity contribution is 6.31. The normalized spacial score (nSPS) is 18.0. The zero-order valence-electron chi connectivity index (χ0n) is 11.0. The highest BCUT2D eigenvalue weighted by Gasteiger charge is 2.31. The second kappa shape index (κ2) is 6.40. The molecule has 3 nitrogen and oxygen atoms in total. The molecule has 0 radical (unpaired) electrons. The maximum atomic E-state index is 11.9. The van der Waals surface area contributed by atoms with Gasteiger partial charge in [-0.15, -0.1) is 0 Å². The summed E-state index contributed by atoms with van der Waals surface area (Å²) in [5.74, 6) is -0.107. The molecule has 0 saturated heterocycles. The number of halogens is 1. The van der Waals surface area contributed by atoms with Gasteiger partial charge in [0, 0.05) is 11.6 Å². The van der Waals surface area contributed by atoms with Crippen LogP contribution in [0.4, 0.5) is 0 Å². The van der Waals surface area contributed by atoms with Gasteiger partial charge in [0.2, 0.25) is 5.91 Å². The number of carbonyl (C=O) groups is 1. The maximum absolute atomic E-state index is 11.9.